The van der Waals surface area contributed by atoms with Crippen molar-refractivity contribution in [3.05, 3.63) is 120 Å². The summed E-state index contributed by atoms with van der Waals surface area (Å²) in [5.74, 6) is 0.566. The van der Waals surface area contributed by atoms with E-state index in [1.807, 2.05) is 67.7 Å². The van der Waals surface area contributed by atoms with E-state index in [-0.39, 0.29) is 11.9 Å². The van der Waals surface area contributed by atoms with Crippen LogP contribution in [0, 0.1) is 6.92 Å². The monoisotopic (exact) mass is 600 g/mol. The Morgan fingerprint density at radius 3 is 2.14 bits per heavy atom. The lowest BCUT2D eigenvalue weighted by Crippen LogP contribution is -2.46. The van der Waals surface area contributed by atoms with Crippen molar-refractivity contribution < 1.29 is 18.0 Å². The van der Waals surface area contributed by atoms with Crippen molar-refractivity contribution in [2.75, 3.05) is 25.0 Å². The number of pyridine rings is 1. The van der Waals surface area contributed by atoms with E-state index < -0.39 is 11.7 Å². The number of piperidine rings is 1. The first kappa shape index (κ1) is 30.9. The maximum absolute atomic E-state index is 13.6. The van der Waals surface area contributed by atoms with Gasteiger partial charge in [0, 0.05) is 87.1 Å². The van der Waals surface area contributed by atoms with Crippen molar-refractivity contribution in [2.24, 2.45) is 0 Å². The Hall–Kier alpha value is -4.57. The molecule has 7 nitrogen and oxygen atoms in total. The zero-order chi connectivity index (χ0) is 31.1. The Kier molecular flexibility index (Phi) is 9.69. The average Bonchev–Trinajstić information content (AvgIpc) is 3.04. The van der Waals surface area contributed by atoms with Gasteiger partial charge in [0.1, 0.15) is 5.82 Å². The van der Waals surface area contributed by atoms with Crippen molar-refractivity contribution >= 4 is 23.4 Å². The minimum absolute atomic E-state index is 0.0180. The van der Waals surface area contributed by atoms with E-state index in [1.54, 1.807) is 18.5 Å². The highest BCUT2D eigenvalue weighted by Crippen LogP contribution is 2.29. The van der Waals surface area contributed by atoms with Gasteiger partial charge in [0.2, 0.25) is 5.91 Å². The first-order valence-corrected chi connectivity index (χ1v) is 14.5. The molecule has 10 heteroatoms. The molecule has 5 rings (SSSR count). The lowest BCUT2D eigenvalue weighted by molar-refractivity contribution is -0.137. The summed E-state index contributed by atoms with van der Waals surface area (Å²) in [5, 5.41) is 0. The van der Waals surface area contributed by atoms with E-state index in [4.69, 9.17) is 0 Å². The number of benzene rings is 2. The second kappa shape index (κ2) is 13.8. The average molecular weight is 601 g/mol. The van der Waals surface area contributed by atoms with Crippen LogP contribution < -0.4 is 4.90 Å². The van der Waals surface area contributed by atoms with Gasteiger partial charge in [-0.15, -0.1) is 0 Å². The maximum atomic E-state index is 13.6. The standard InChI is InChI=1S/C34H35F3N6O/c1-25-39-21-28(22-40-25)23-42-19-15-32(16-20-42)43(33(44)12-7-26-3-8-29(9-4-26)34(35,36)37)24-27-5-10-30(11-6-27)41(2)31-13-17-38-18-14-31/h3-14,17-18,21-22,32H,15-16,19-20,23-24H2,1-2H3/b12-7+. The molecule has 0 radical (unpaired) electrons. The van der Waals surface area contributed by atoms with Gasteiger partial charge in [-0.2, -0.15) is 13.2 Å². The van der Waals surface area contributed by atoms with Crippen LogP contribution in [0.3, 0.4) is 0 Å². The third-order valence-electron chi connectivity index (χ3n) is 7.90. The molecule has 0 unspecified atom stereocenters. The molecule has 3 heterocycles. The van der Waals surface area contributed by atoms with Gasteiger partial charge in [0.15, 0.2) is 0 Å². The predicted molar refractivity (Wildman–Crippen MR) is 165 cm³/mol. The largest absolute Gasteiger partial charge is 0.416 e. The van der Waals surface area contributed by atoms with Crippen molar-refractivity contribution in [3.63, 3.8) is 0 Å². The molecule has 0 aliphatic carbocycles. The number of carbonyl (C=O) groups excluding carboxylic acids is 1. The highest BCUT2D eigenvalue weighted by atomic mass is 19.4. The fourth-order valence-electron chi connectivity index (χ4n) is 5.32. The number of aromatic nitrogens is 3. The second-order valence-corrected chi connectivity index (χ2v) is 11.0. The third-order valence-corrected chi connectivity index (χ3v) is 7.90. The highest BCUT2D eigenvalue weighted by molar-refractivity contribution is 5.92. The smallest absolute Gasteiger partial charge is 0.345 e. The van der Waals surface area contributed by atoms with Crippen molar-refractivity contribution in [2.45, 2.75) is 45.1 Å². The number of carbonyl (C=O) groups is 1. The molecule has 0 bridgehead atoms. The van der Waals surface area contributed by atoms with Crippen LogP contribution in [0.4, 0.5) is 24.5 Å². The summed E-state index contributed by atoms with van der Waals surface area (Å²) < 4.78 is 38.9. The first-order chi connectivity index (χ1) is 21.2. The number of anilines is 2. The van der Waals surface area contributed by atoms with Gasteiger partial charge in [-0.3, -0.25) is 14.7 Å². The van der Waals surface area contributed by atoms with Gasteiger partial charge in [-0.05, 0) is 73.4 Å². The minimum Gasteiger partial charge on any atom is -0.345 e. The Morgan fingerprint density at radius 1 is 0.909 bits per heavy atom. The zero-order valence-electron chi connectivity index (χ0n) is 24.8. The number of nitrogens with zero attached hydrogens (tertiary/aromatic N) is 6. The van der Waals surface area contributed by atoms with Crippen molar-refractivity contribution in [1.82, 2.24) is 24.8 Å². The number of halogens is 3. The van der Waals surface area contributed by atoms with Gasteiger partial charge in [-0.25, -0.2) is 9.97 Å². The topological polar surface area (TPSA) is 65.5 Å². The molecule has 0 atom stereocenters. The molecule has 0 saturated carbocycles. The van der Waals surface area contributed by atoms with Crippen LogP contribution >= 0.6 is 0 Å². The summed E-state index contributed by atoms with van der Waals surface area (Å²) in [6.45, 7) is 4.67. The summed E-state index contributed by atoms with van der Waals surface area (Å²) in [6, 6.07) is 16.8. The second-order valence-electron chi connectivity index (χ2n) is 11.0. The van der Waals surface area contributed by atoms with E-state index in [0.29, 0.717) is 12.1 Å². The number of rotatable bonds is 9. The Morgan fingerprint density at radius 2 is 1.52 bits per heavy atom. The van der Waals surface area contributed by atoms with Crippen molar-refractivity contribution in [1.29, 1.82) is 0 Å². The molecule has 4 aromatic rings. The van der Waals surface area contributed by atoms with E-state index in [9.17, 15) is 18.0 Å². The molecule has 1 fully saturated rings. The first-order valence-electron chi connectivity index (χ1n) is 14.5. The fraction of sp³-hybridized carbons (Fsp3) is 0.294. The summed E-state index contributed by atoms with van der Waals surface area (Å²) >= 11 is 0. The molecule has 228 valence electrons. The van der Waals surface area contributed by atoms with Gasteiger partial charge in [0.05, 0.1) is 5.56 Å². The Bertz CT molecular complexity index is 1530. The molecule has 44 heavy (non-hydrogen) atoms. The minimum atomic E-state index is -4.40. The van der Waals surface area contributed by atoms with Crippen LogP contribution in [0.15, 0.2) is 91.5 Å². The molecule has 2 aromatic carbocycles. The maximum Gasteiger partial charge on any atom is 0.416 e. The van der Waals surface area contributed by atoms with Crippen LogP contribution in [0.2, 0.25) is 0 Å². The van der Waals surface area contributed by atoms with Gasteiger partial charge in [0.25, 0.3) is 0 Å². The quantitative estimate of drug-likeness (QED) is 0.200. The predicted octanol–water partition coefficient (Wildman–Crippen LogP) is 6.67. The number of aryl methyl sites for hydroxylation is 1. The molecule has 1 saturated heterocycles. The van der Waals surface area contributed by atoms with E-state index in [0.717, 1.165) is 72.9 Å². The van der Waals surface area contributed by atoms with Crippen LogP contribution in [0.5, 0.6) is 0 Å². The molecule has 1 amide bonds. The number of hydrogen-bond acceptors (Lipinski definition) is 6. The van der Waals surface area contributed by atoms with Crippen molar-refractivity contribution in [3.8, 4) is 0 Å². The zero-order valence-corrected chi connectivity index (χ0v) is 24.8. The molecule has 0 spiro atoms. The van der Waals surface area contributed by atoms with Crippen LogP contribution in [-0.2, 0) is 24.1 Å². The summed E-state index contributed by atoms with van der Waals surface area (Å²) in [4.78, 5) is 32.6. The van der Waals surface area contributed by atoms with Gasteiger partial charge in [-0.1, -0.05) is 24.3 Å². The van der Waals surface area contributed by atoms with Gasteiger partial charge < -0.3 is 9.80 Å². The number of alkyl halides is 3. The summed E-state index contributed by atoms with van der Waals surface area (Å²) in [7, 11) is 1.99. The summed E-state index contributed by atoms with van der Waals surface area (Å²) in [5.41, 5.74) is 3.88. The van der Waals surface area contributed by atoms with E-state index in [2.05, 4.69) is 24.8 Å². The molecule has 1 aliphatic heterocycles. The Labute approximate surface area is 255 Å². The normalized spacial score (nSPS) is 14.6. The van der Waals surface area contributed by atoms with E-state index >= 15 is 0 Å². The number of likely N-dealkylation sites (tertiary alicyclic amines) is 1. The van der Waals surface area contributed by atoms with Crippen LogP contribution in [0.25, 0.3) is 6.08 Å². The molecule has 1 aliphatic rings. The highest BCUT2D eigenvalue weighted by Gasteiger charge is 2.30. The van der Waals surface area contributed by atoms with Crippen LogP contribution in [-0.4, -0.2) is 56.8 Å². The lowest BCUT2D eigenvalue weighted by Gasteiger charge is -2.38. The number of hydrogen-bond donors (Lipinski definition) is 0. The summed E-state index contributed by atoms with van der Waals surface area (Å²) in [6.07, 6.45) is 7.45. The molecule has 2 aromatic heterocycles. The van der Waals surface area contributed by atoms with Gasteiger partial charge >= 0.3 is 6.18 Å². The fourth-order valence-corrected chi connectivity index (χ4v) is 5.32. The van der Waals surface area contributed by atoms with E-state index in [1.165, 1.54) is 18.2 Å². The SMILES string of the molecule is Cc1ncc(CN2CCC(N(Cc3ccc(N(C)c4ccncc4)cc3)C(=O)/C=C/c3ccc(C(F)(F)F)cc3)CC2)cn1. The number of amides is 1. The molecular weight excluding hydrogens is 565 g/mol. The molecular formula is C34H35F3N6O. The van der Waals surface area contributed by atoms with Crippen LogP contribution in [0.1, 0.15) is 40.9 Å². The Balaban J connectivity index is 1.29. The lowest BCUT2D eigenvalue weighted by atomic mass is 10.0. The molecule has 0 N–H and O–H groups in total. The third kappa shape index (κ3) is 8.08.